The lowest BCUT2D eigenvalue weighted by molar-refractivity contribution is 0.163. The highest BCUT2D eigenvalue weighted by Gasteiger charge is 2.27. The van der Waals surface area contributed by atoms with Gasteiger partial charge in [-0.05, 0) is 63.3 Å². The van der Waals surface area contributed by atoms with E-state index in [2.05, 4.69) is 26.2 Å². The van der Waals surface area contributed by atoms with Gasteiger partial charge in [0.1, 0.15) is 0 Å². The fourth-order valence-corrected chi connectivity index (χ4v) is 3.28. The Morgan fingerprint density at radius 1 is 1.12 bits per heavy atom. The molecule has 17 heavy (non-hydrogen) atoms. The highest BCUT2D eigenvalue weighted by Crippen LogP contribution is 2.35. The van der Waals surface area contributed by atoms with Gasteiger partial charge in [0.15, 0.2) is 0 Å². The van der Waals surface area contributed by atoms with E-state index in [9.17, 15) is 0 Å². The summed E-state index contributed by atoms with van der Waals surface area (Å²) in [6, 6.07) is 0.707. The van der Waals surface area contributed by atoms with Gasteiger partial charge in [-0.15, -0.1) is 0 Å². The molecule has 102 valence electrons. The van der Waals surface area contributed by atoms with Crippen molar-refractivity contribution < 1.29 is 4.74 Å². The fourth-order valence-electron chi connectivity index (χ4n) is 3.28. The minimum Gasteiger partial charge on any atom is -0.385 e. The maximum absolute atomic E-state index is 5.14. The zero-order valence-electron chi connectivity index (χ0n) is 12.2. The van der Waals surface area contributed by atoms with E-state index in [4.69, 9.17) is 4.74 Å². The number of methoxy groups -OCH3 is 1. The maximum atomic E-state index is 5.14. The zero-order valence-corrected chi connectivity index (χ0v) is 12.2. The van der Waals surface area contributed by atoms with Gasteiger partial charge in [-0.1, -0.05) is 13.8 Å². The zero-order chi connectivity index (χ0) is 12.7. The van der Waals surface area contributed by atoms with Gasteiger partial charge in [-0.2, -0.15) is 0 Å². The van der Waals surface area contributed by atoms with Gasteiger partial charge in [-0.3, -0.25) is 0 Å². The van der Waals surface area contributed by atoms with Crippen molar-refractivity contribution in [2.24, 2.45) is 17.8 Å². The Hall–Kier alpha value is -0.0800. The number of hydrogen-bond acceptors (Lipinski definition) is 2. The SMILES string of the molecule is CNC(CCCOC)C1CCC(C(C)C)CC1. The van der Waals surface area contributed by atoms with E-state index in [1.807, 2.05) is 0 Å². The number of rotatable bonds is 7. The predicted octanol–water partition coefficient (Wildman–Crippen LogP) is 3.46. The first-order valence-corrected chi connectivity index (χ1v) is 7.35. The third-order valence-corrected chi connectivity index (χ3v) is 4.56. The van der Waals surface area contributed by atoms with Crippen molar-refractivity contribution in [2.45, 2.75) is 58.4 Å². The largest absolute Gasteiger partial charge is 0.385 e. The molecule has 1 aliphatic carbocycles. The molecule has 0 radical (unpaired) electrons. The van der Waals surface area contributed by atoms with Crippen molar-refractivity contribution >= 4 is 0 Å². The molecule has 0 aromatic rings. The first-order valence-electron chi connectivity index (χ1n) is 7.35. The van der Waals surface area contributed by atoms with Crippen LogP contribution < -0.4 is 5.32 Å². The highest BCUT2D eigenvalue weighted by atomic mass is 16.5. The fraction of sp³-hybridized carbons (Fsp3) is 1.00. The van der Waals surface area contributed by atoms with E-state index in [-0.39, 0.29) is 0 Å². The molecule has 0 heterocycles. The molecule has 1 unspecified atom stereocenters. The number of nitrogens with one attached hydrogen (secondary N) is 1. The lowest BCUT2D eigenvalue weighted by Gasteiger charge is -2.35. The second kappa shape index (κ2) is 8.10. The molecule has 1 fully saturated rings. The third-order valence-electron chi connectivity index (χ3n) is 4.56. The third kappa shape index (κ3) is 4.97. The summed E-state index contributed by atoms with van der Waals surface area (Å²) < 4.78 is 5.14. The molecule has 1 rings (SSSR count). The molecule has 2 heteroatoms. The van der Waals surface area contributed by atoms with E-state index in [0.29, 0.717) is 6.04 Å². The van der Waals surface area contributed by atoms with Crippen LogP contribution in [0.2, 0.25) is 0 Å². The summed E-state index contributed by atoms with van der Waals surface area (Å²) in [5.74, 6) is 2.74. The molecular formula is C15H31NO. The number of hydrogen-bond donors (Lipinski definition) is 1. The molecule has 0 aliphatic heterocycles. The van der Waals surface area contributed by atoms with Crippen molar-refractivity contribution in [3.05, 3.63) is 0 Å². The summed E-state index contributed by atoms with van der Waals surface area (Å²) in [7, 11) is 3.91. The quantitative estimate of drug-likeness (QED) is 0.689. The Balaban J connectivity index is 2.29. The molecule has 2 nitrogen and oxygen atoms in total. The van der Waals surface area contributed by atoms with Crippen LogP contribution in [-0.2, 0) is 4.74 Å². The van der Waals surface area contributed by atoms with Crippen LogP contribution in [0.15, 0.2) is 0 Å². The van der Waals surface area contributed by atoms with Gasteiger partial charge in [0.2, 0.25) is 0 Å². The minimum atomic E-state index is 0.707. The van der Waals surface area contributed by atoms with E-state index < -0.39 is 0 Å². The molecule has 0 saturated heterocycles. The molecule has 1 saturated carbocycles. The highest BCUT2D eigenvalue weighted by molar-refractivity contribution is 4.82. The van der Waals surface area contributed by atoms with Crippen molar-refractivity contribution in [3.8, 4) is 0 Å². The summed E-state index contributed by atoms with van der Waals surface area (Å²) >= 11 is 0. The van der Waals surface area contributed by atoms with Gasteiger partial charge < -0.3 is 10.1 Å². The average Bonchev–Trinajstić information content (AvgIpc) is 2.35. The van der Waals surface area contributed by atoms with Gasteiger partial charge in [-0.25, -0.2) is 0 Å². The van der Waals surface area contributed by atoms with Gasteiger partial charge in [0.05, 0.1) is 0 Å². The summed E-state index contributed by atoms with van der Waals surface area (Å²) in [5.41, 5.74) is 0. The van der Waals surface area contributed by atoms with Crippen molar-refractivity contribution in [2.75, 3.05) is 20.8 Å². The Morgan fingerprint density at radius 2 is 1.71 bits per heavy atom. The van der Waals surface area contributed by atoms with Crippen LogP contribution in [-0.4, -0.2) is 26.8 Å². The lowest BCUT2D eigenvalue weighted by atomic mass is 9.74. The van der Waals surface area contributed by atoms with Crippen LogP contribution in [0.5, 0.6) is 0 Å². The van der Waals surface area contributed by atoms with Crippen molar-refractivity contribution in [1.82, 2.24) is 5.32 Å². The molecule has 0 aromatic carbocycles. The van der Waals surface area contributed by atoms with Crippen molar-refractivity contribution in [1.29, 1.82) is 0 Å². The molecule has 0 amide bonds. The topological polar surface area (TPSA) is 21.3 Å². The van der Waals surface area contributed by atoms with Crippen LogP contribution in [0.4, 0.5) is 0 Å². The lowest BCUT2D eigenvalue weighted by Crippen LogP contribution is -2.36. The Bertz CT molecular complexity index is 185. The molecule has 0 aromatic heterocycles. The smallest absolute Gasteiger partial charge is 0.0462 e. The Labute approximate surface area is 108 Å². The average molecular weight is 241 g/mol. The summed E-state index contributed by atoms with van der Waals surface area (Å²) in [4.78, 5) is 0. The predicted molar refractivity (Wildman–Crippen MR) is 74.2 cm³/mol. The van der Waals surface area contributed by atoms with Gasteiger partial charge in [0, 0.05) is 19.8 Å². The monoisotopic (exact) mass is 241 g/mol. The van der Waals surface area contributed by atoms with E-state index >= 15 is 0 Å². The molecule has 1 aliphatic rings. The van der Waals surface area contributed by atoms with Crippen LogP contribution in [0, 0.1) is 17.8 Å². The number of ether oxygens (including phenoxy) is 1. The van der Waals surface area contributed by atoms with E-state index in [1.54, 1.807) is 7.11 Å². The standard InChI is InChI=1S/C15H31NO/c1-12(2)13-7-9-14(10-8-13)15(16-3)6-5-11-17-4/h12-16H,5-11H2,1-4H3. The molecule has 0 spiro atoms. The van der Waals surface area contributed by atoms with Crippen molar-refractivity contribution in [3.63, 3.8) is 0 Å². The Morgan fingerprint density at radius 3 is 2.18 bits per heavy atom. The summed E-state index contributed by atoms with van der Waals surface area (Å²) in [6.07, 6.45) is 8.16. The minimum absolute atomic E-state index is 0.707. The molecule has 0 bridgehead atoms. The first kappa shape index (κ1) is 15.0. The van der Waals surface area contributed by atoms with Crippen LogP contribution in [0.1, 0.15) is 52.4 Å². The second-order valence-corrected chi connectivity index (χ2v) is 5.95. The second-order valence-electron chi connectivity index (χ2n) is 5.95. The van der Waals surface area contributed by atoms with E-state index in [0.717, 1.165) is 24.4 Å². The van der Waals surface area contributed by atoms with Crippen LogP contribution in [0.3, 0.4) is 0 Å². The summed E-state index contributed by atoms with van der Waals surface area (Å²) in [5, 5.41) is 3.52. The first-order chi connectivity index (χ1) is 8.19. The molecule has 1 N–H and O–H groups in total. The normalized spacial score (nSPS) is 27.4. The van der Waals surface area contributed by atoms with Crippen LogP contribution in [0.25, 0.3) is 0 Å². The van der Waals surface area contributed by atoms with Crippen LogP contribution >= 0.6 is 0 Å². The Kier molecular flexibility index (Phi) is 7.14. The summed E-state index contributed by atoms with van der Waals surface area (Å²) in [6.45, 7) is 5.65. The maximum Gasteiger partial charge on any atom is 0.0462 e. The van der Waals surface area contributed by atoms with Gasteiger partial charge >= 0.3 is 0 Å². The molecular weight excluding hydrogens is 210 g/mol. The van der Waals surface area contributed by atoms with E-state index in [1.165, 1.54) is 38.5 Å². The van der Waals surface area contributed by atoms with Gasteiger partial charge in [0.25, 0.3) is 0 Å². The molecule has 1 atom stereocenters.